The van der Waals surface area contributed by atoms with Crippen molar-refractivity contribution >= 4 is 47.8 Å². The van der Waals surface area contributed by atoms with Gasteiger partial charge in [0.2, 0.25) is 0 Å². The van der Waals surface area contributed by atoms with Gasteiger partial charge in [-0.25, -0.2) is 28.8 Å². The summed E-state index contributed by atoms with van der Waals surface area (Å²) in [5.74, 6) is -1.49. The Balaban J connectivity index is 0.000000327. The third-order valence-electron chi connectivity index (χ3n) is 13.1. The van der Waals surface area contributed by atoms with Crippen molar-refractivity contribution in [2.75, 3.05) is 52.9 Å². The lowest BCUT2D eigenvalue weighted by Gasteiger charge is -2.09. The Bertz CT molecular complexity index is 3040. The van der Waals surface area contributed by atoms with E-state index in [4.69, 9.17) is 47.4 Å². The largest absolute Gasteiger partial charge is 0.493 e. The minimum absolute atomic E-state index is 0.00420. The van der Waals surface area contributed by atoms with Gasteiger partial charge in [0.05, 0.1) is 48.7 Å². The minimum atomic E-state index is -0.509. The van der Waals surface area contributed by atoms with E-state index in [0.717, 1.165) is 73.6 Å². The molecular weight excluding hydrogens is 1150 g/mol. The second-order valence-corrected chi connectivity index (χ2v) is 20.6. The van der Waals surface area contributed by atoms with E-state index in [9.17, 15) is 38.4 Å². The molecule has 0 spiro atoms. The van der Waals surface area contributed by atoms with Gasteiger partial charge in [0.1, 0.15) is 49.4 Å². The summed E-state index contributed by atoms with van der Waals surface area (Å²) >= 11 is 0. The topological polar surface area (TPSA) is 229 Å². The van der Waals surface area contributed by atoms with E-state index in [0.29, 0.717) is 95.3 Å². The van der Waals surface area contributed by atoms with Crippen LogP contribution in [0.15, 0.2) is 170 Å². The predicted molar refractivity (Wildman–Crippen MR) is 338 cm³/mol. The van der Waals surface area contributed by atoms with Crippen LogP contribution in [-0.2, 0) is 47.6 Å². The molecule has 0 amide bonds. The van der Waals surface area contributed by atoms with E-state index in [-0.39, 0.29) is 51.6 Å². The maximum Gasteiger partial charge on any atom is 0.343 e. The van der Waals surface area contributed by atoms with Gasteiger partial charge < -0.3 is 47.4 Å². The van der Waals surface area contributed by atoms with Crippen LogP contribution in [0, 0.1) is 0 Å². The van der Waals surface area contributed by atoms with Crippen LogP contribution in [0.1, 0.15) is 146 Å². The van der Waals surface area contributed by atoms with Gasteiger partial charge in [-0.1, -0.05) is 114 Å². The zero-order valence-corrected chi connectivity index (χ0v) is 51.8. The highest BCUT2D eigenvalue weighted by Crippen LogP contribution is 2.26. The molecule has 6 aromatic rings. The monoisotopic (exact) mass is 1230 g/mol. The van der Waals surface area contributed by atoms with Gasteiger partial charge in [-0.2, -0.15) is 0 Å². The fraction of sp³-hybridized carbons (Fsp3) is 0.333. The third kappa shape index (κ3) is 26.6. The van der Waals surface area contributed by atoms with Crippen LogP contribution in [0.5, 0.6) is 23.0 Å². The van der Waals surface area contributed by atoms with E-state index in [1.807, 2.05) is 24.3 Å². The first-order valence-electron chi connectivity index (χ1n) is 30.1. The van der Waals surface area contributed by atoms with E-state index < -0.39 is 35.8 Å². The molecule has 0 aromatic heterocycles. The summed E-state index contributed by atoms with van der Waals surface area (Å²) in [4.78, 5) is 96.0. The van der Waals surface area contributed by atoms with Gasteiger partial charge in [0.25, 0.3) is 0 Å². The fourth-order valence-electron chi connectivity index (χ4n) is 8.09. The van der Waals surface area contributed by atoms with Gasteiger partial charge in [-0.05, 0) is 146 Å². The van der Waals surface area contributed by atoms with Gasteiger partial charge in [-0.15, -0.1) is 0 Å². The molecule has 0 heterocycles. The molecule has 0 atom stereocenters. The Hall–Kier alpha value is -9.84. The molecule has 0 aliphatic carbocycles. The molecule has 0 N–H and O–H groups in total. The van der Waals surface area contributed by atoms with Gasteiger partial charge >= 0.3 is 47.8 Å². The second kappa shape index (κ2) is 39.8. The van der Waals surface area contributed by atoms with Crippen molar-refractivity contribution in [3.05, 3.63) is 192 Å². The second-order valence-electron chi connectivity index (χ2n) is 20.6. The molecule has 0 saturated carbocycles. The molecular formula is C72H80O18. The standard InChI is InChI=1S/2C36H40O9/c2*1-4-5-6-7-9-33(37)42-24-25-44-35(39)29-12-10-27(11-13-29)28-14-20-32(21-15-28)45-36(40)30-16-18-31(19-17-30)41-22-8-23-43-34(38)26(2)3/h2*10-21H,2,4-9,22-25H2,1,3H3. The molecule has 0 unspecified atom stereocenters. The number of benzene rings is 6. The molecule has 90 heavy (non-hydrogen) atoms. The van der Waals surface area contributed by atoms with E-state index in [1.165, 1.54) is 0 Å². The van der Waals surface area contributed by atoms with Crippen molar-refractivity contribution in [3.63, 3.8) is 0 Å². The van der Waals surface area contributed by atoms with Crippen molar-refractivity contribution in [2.24, 2.45) is 0 Å². The molecule has 6 rings (SSSR count). The molecule has 0 aliphatic rings. The summed E-state index contributed by atoms with van der Waals surface area (Å²) in [7, 11) is 0. The Kier molecular flexibility index (Phi) is 31.4. The lowest BCUT2D eigenvalue weighted by molar-refractivity contribution is -0.145. The van der Waals surface area contributed by atoms with Crippen LogP contribution in [0.25, 0.3) is 22.3 Å². The predicted octanol–water partition coefficient (Wildman–Crippen LogP) is 14.3. The average molecular weight is 1230 g/mol. The molecule has 476 valence electrons. The first kappa shape index (κ1) is 70.9. The zero-order valence-electron chi connectivity index (χ0n) is 51.8. The average Bonchev–Trinajstić information content (AvgIpc) is 1.71. The summed E-state index contributed by atoms with van der Waals surface area (Å²) in [5, 5.41) is 0. The van der Waals surface area contributed by atoms with Gasteiger partial charge in [0, 0.05) is 36.8 Å². The molecule has 0 fully saturated rings. The van der Waals surface area contributed by atoms with Crippen molar-refractivity contribution in [2.45, 2.75) is 105 Å². The van der Waals surface area contributed by atoms with Crippen molar-refractivity contribution in [1.82, 2.24) is 0 Å². The van der Waals surface area contributed by atoms with Crippen LogP contribution >= 0.6 is 0 Å². The van der Waals surface area contributed by atoms with Gasteiger partial charge in [0.15, 0.2) is 0 Å². The van der Waals surface area contributed by atoms with Crippen LogP contribution in [0.2, 0.25) is 0 Å². The number of hydrogen-bond acceptors (Lipinski definition) is 18. The lowest BCUT2D eigenvalue weighted by Crippen LogP contribution is -2.14. The number of rotatable bonds is 36. The summed E-state index contributed by atoms with van der Waals surface area (Å²) in [6, 6.07) is 41.0. The summed E-state index contributed by atoms with van der Waals surface area (Å²) in [6.07, 6.45) is 9.82. The molecule has 0 radical (unpaired) electrons. The Labute approximate surface area is 526 Å². The molecule has 18 heteroatoms. The number of hydrogen-bond donors (Lipinski definition) is 0. The number of carbonyl (C=O) groups excluding carboxylic acids is 8. The Morgan fingerprint density at radius 1 is 0.300 bits per heavy atom. The maximum atomic E-state index is 12.6. The number of unbranched alkanes of at least 4 members (excludes halogenated alkanes) is 6. The van der Waals surface area contributed by atoms with Gasteiger partial charge in [-0.3, -0.25) is 9.59 Å². The highest BCUT2D eigenvalue weighted by molar-refractivity contribution is 5.93. The SMILES string of the molecule is C=C(C)C(=O)OCCCOc1ccc(C(=O)Oc2ccc(-c3ccc(C(=O)OCCOC(=O)CCCCCC)cc3)cc2)cc1.C=C(C)C(=O)OCCCOc1ccc(C(=O)Oc2ccc(-c3ccc(C(=O)OCCOC(=O)CCCCCC)cc3)cc2)cc1. The van der Waals surface area contributed by atoms with Crippen LogP contribution in [0.4, 0.5) is 0 Å². The first-order valence-corrected chi connectivity index (χ1v) is 30.1. The normalized spacial score (nSPS) is 10.4. The smallest absolute Gasteiger partial charge is 0.343 e. The van der Waals surface area contributed by atoms with Crippen LogP contribution in [0.3, 0.4) is 0 Å². The third-order valence-corrected chi connectivity index (χ3v) is 13.1. The summed E-state index contributed by atoms with van der Waals surface area (Å²) in [6.45, 7) is 15.7. The Morgan fingerprint density at radius 2 is 0.589 bits per heavy atom. The van der Waals surface area contributed by atoms with E-state index in [1.54, 1.807) is 135 Å². The maximum absolute atomic E-state index is 12.6. The Morgan fingerprint density at radius 3 is 0.911 bits per heavy atom. The molecule has 0 bridgehead atoms. The molecule has 6 aromatic carbocycles. The number of esters is 8. The number of ether oxygens (including phenoxy) is 10. The van der Waals surface area contributed by atoms with Crippen LogP contribution in [-0.4, -0.2) is 101 Å². The summed E-state index contributed by atoms with van der Waals surface area (Å²) in [5.41, 5.74) is 5.68. The van der Waals surface area contributed by atoms with Crippen molar-refractivity contribution < 1.29 is 85.7 Å². The lowest BCUT2D eigenvalue weighted by atomic mass is 10.0. The minimum Gasteiger partial charge on any atom is -0.493 e. The van der Waals surface area contributed by atoms with Crippen molar-refractivity contribution in [1.29, 1.82) is 0 Å². The highest BCUT2D eigenvalue weighted by atomic mass is 16.6. The number of carbonyl (C=O) groups is 8. The quantitative estimate of drug-likeness (QED) is 0.0117. The van der Waals surface area contributed by atoms with Crippen LogP contribution < -0.4 is 18.9 Å². The molecule has 0 saturated heterocycles. The zero-order chi connectivity index (χ0) is 64.9. The highest BCUT2D eigenvalue weighted by Gasteiger charge is 2.15. The summed E-state index contributed by atoms with van der Waals surface area (Å²) < 4.78 is 52.9. The fourth-order valence-corrected chi connectivity index (χ4v) is 8.09. The first-order chi connectivity index (χ1) is 43.5. The van der Waals surface area contributed by atoms with E-state index in [2.05, 4.69) is 27.0 Å². The van der Waals surface area contributed by atoms with E-state index >= 15 is 0 Å². The van der Waals surface area contributed by atoms with Crippen molar-refractivity contribution in [3.8, 4) is 45.3 Å². The molecule has 0 aliphatic heterocycles. The molecule has 18 nitrogen and oxygen atoms in total.